The molecular formula is C15H10BrF2NS. The fraction of sp³-hybridized carbons (Fsp3) is 0.133. The van der Waals surface area contributed by atoms with Crippen LogP contribution in [0.5, 0.6) is 0 Å². The second kappa shape index (κ2) is 5.58. The van der Waals surface area contributed by atoms with Crippen LogP contribution in [0.15, 0.2) is 42.5 Å². The third-order valence-corrected chi connectivity index (χ3v) is 4.87. The Hall–Kier alpha value is -1.33. The molecular weight excluding hydrogens is 344 g/mol. The number of thiazole rings is 1. The molecule has 5 heteroatoms. The molecule has 0 N–H and O–H groups in total. The second-order valence-corrected chi connectivity index (χ2v) is 6.63. The quantitative estimate of drug-likeness (QED) is 0.585. The van der Waals surface area contributed by atoms with Crippen LogP contribution >= 0.6 is 27.3 Å². The molecule has 1 atom stereocenters. The van der Waals surface area contributed by atoms with Crippen molar-refractivity contribution in [1.29, 1.82) is 0 Å². The molecule has 0 spiro atoms. The molecule has 1 nitrogen and oxygen atoms in total. The van der Waals surface area contributed by atoms with E-state index >= 15 is 0 Å². The molecule has 0 saturated carbocycles. The third kappa shape index (κ3) is 2.74. The SMILES string of the molecule is Fc1ccc(C(Br)Cc2nc3ccccc3s2)c(F)c1. The summed E-state index contributed by atoms with van der Waals surface area (Å²) in [5.41, 5.74) is 1.40. The molecule has 0 bridgehead atoms. The lowest BCUT2D eigenvalue weighted by atomic mass is 10.1. The first-order valence-electron chi connectivity index (χ1n) is 6.07. The van der Waals surface area contributed by atoms with E-state index in [-0.39, 0.29) is 4.83 Å². The van der Waals surface area contributed by atoms with Gasteiger partial charge >= 0.3 is 0 Å². The first-order chi connectivity index (χ1) is 9.63. The van der Waals surface area contributed by atoms with Crippen LogP contribution in [0, 0.1) is 11.6 Å². The molecule has 0 radical (unpaired) electrons. The molecule has 0 aliphatic carbocycles. The van der Waals surface area contributed by atoms with Crippen molar-refractivity contribution >= 4 is 37.5 Å². The fourth-order valence-corrected chi connectivity index (χ4v) is 3.93. The highest BCUT2D eigenvalue weighted by Crippen LogP contribution is 2.32. The van der Waals surface area contributed by atoms with E-state index in [1.807, 2.05) is 24.3 Å². The van der Waals surface area contributed by atoms with Crippen LogP contribution in [0.25, 0.3) is 10.2 Å². The van der Waals surface area contributed by atoms with Crippen molar-refractivity contribution in [3.8, 4) is 0 Å². The van der Waals surface area contributed by atoms with E-state index in [0.29, 0.717) is 12.0 Å². The van der Waals surface area contributed by atoms with Crippen molar-refractivity contribution in [3.63, 3.8) is 0 Å². The Labute approximate surface area is 127 Å². The van der Waals surface area contributed by atoms with Gasteiger partial charge in [-0.05, 0) is 18.2 Å². The van der Waals surface area contributed by atoms with Gasteiger partial charge in [0.25, 0.3) is 0 Å². The topological polar surface area (TPSA) is 12.9 Å². The lowest BCUT2D eigenvalue weighted by molar-refractivity contribution is 0.571. The summed E-state index contributed by atoms with van der Waals surface area (Å²) in [6.07, 6.45) is 0.571. The largest absolute Gasteiger partial charge is 0.241 e. The zero-order chi connectivity index (χ0) is 14.1. The van der Waals surface area contributed by atoms with Gasteiger partial charge in [-0.15, -0.1) is 11.3 Å². The summed E-state index contributed by atoms with van der Waals surface area (Å²) in [5, 5.41) is 0.928. The monoisotopic (exact) mass is 353 g/mol. The molecule has 3 aromatic rings. The van der Waals surface area contributed by atoms with E-state index < -0.39 is 11.6 Å². The number of rotatable bonds is 3. The Bertz CT molecular complexity index is 723. The van der Waals surface area contributed by atoms with Gasteiger partial charge < -0.3 is 0 Å². The minimum absolute atomic E-state index is 0.219. The molecule has 1 aromatic heterocycles. The summed E-state index contributed by atoms with van der Waals surface area (Å²) in [7, 11) is 0. The Morgan fingerprint density at radius 3 is 2.70 bits per heavy atom. The molecule has 0 saturated heterocycles. The maximum Gasteiger partial charge on any atom is 0.130 e. The molecule has 1 heterocycles. The van der Waals surface area contributed by atoms with Crippen molar-refractivity contribution < 1.29 is 8.78 Å². The van der Waals surface area contributed by atoms with Crippen molar-refractivity contribution in [2.75, 3.05) is 0 Å². The van der Waals surface area contributed by atoms with Gasteiger partial charge in [-0.25, -0.2) is 13.8 Å². The van der Waals surface area contributed by atoms with E-state index in [1.165, 1.54) is 12.1 Å². The second-order valence-electron chi connectivity index (χ2n) is 4.41. The van der Waals surface area contributed by atoms with Crippen LogP contribution in [-0.2, 0) is 6.42 Å². The van der Waals surface area contributed by atoms with E-state index in [1.54, 1.807) is 11.3 Å². The van der Waals surface area contributed by atoms with E-state index in [0.717, 1.165) is 21.3 Å². The Balaban J connectivity index is 1.86. The molecule has 1 unspecified atom stereocenters. The number of para-hydroxylation sites is 1. The highest BCUT2D eigenvalue weighted by Gasteiger charge is 2.16. The van der Waals surface area contributed by atoms with Gasteiger partial charge in [0.05, 0.1) is 15.2 Å². The van der Waals surface area contributed by atoms with Gasteiger partial charge in [-0.1, -0.05) is 34.1 Å². The normalized spacial score (nSPS) is 12.8. The first-order valence-corrected chi connectivity index (χ1v) is 7.80. The van der Waals surface area contributed by atoms with Crippen LogP contribution < -0.4 is 0 Å². The number of aromatic nitrogens is 1. The molecule has 2 aromatic carbocycles. The summed E-state index contributed by atoms with van der Waals surface area (Å²) >= 11 is 5.05. The molecule has 20 heavy (non-hydrogen) atoms. The predicted molar refractivity (Wildman–Crippen MR) is 81.4 cm³/mol. The number of hydrogen-bond acceptors (Lipinski definition) is 2. The average molecular weight is 354 g/mol. The van der Waals surface area contributed by atoms with Gasteiger partial charge in [0.1, 0.15) is 11.6 Å². The minimum Gasteiger partial charge on any atom is -0.241 e. The zero-order valence-corrected chi connectivity index (χ0v) is 12.7. The smallest absolute Gasteiger partial charge is 0.130 e. The molecule has 102 valence electrons. The van der Waals surface area contributed by atoms with Crippen molar-refractivity contribution in [2.24, 2.45) is 0 Å². The lowest BCUT2D eigenvalue weighted by Gasteiger charge is -2.09. The standard InChI is InChI=1S/C15H10BrF2NS/c16-11(10-6-5-9(17)7-12(10)18)8-15-19-13-3-1-2-4-14(13)20-15/h1-7,11H,8H2. The van der Waals surface area contributed by atoms with Gasteiger partial charge in [-0.2, -0.15) is 0 Å². The maximum absolute atomic E-state index is 13.7. The number of fused-ring (bicyclic) bond motifs is 1. The van der Waals surface area contributed by atoms with Crippen LogP contribution in [0.2, 0.25) is 0 Å². The molecule has 0 aliphatic rings. The van der Waals surface area contributed by atoms with Crippen LogP contribution in [-0.4, -0.2) is 4.98 Å². The number of benzene rings is 2. The van der Waals surface area contributed by atoms with Gasteiger partial charge in [0, 0.05) is 22.9 Å². The molecule has 0 amide bonds. The van der Waals surface area contributed by atoms with Crippen molar-refractivity contribution in [2.45, 2.75) is 11.2 Å². The first kappa shape index (κ1) is 13.6. The third-order valence-electron chi connectivity index (χ3n) is 2.99. The number of hydrogen-bond donors (Lipinski definition) is 0. The number of nitrogens with zero attached hydrogens (tertiary/aromatic N) is 1. The van der Waals surface area contributed by atoms with E-state index in [4.69, 9.17) is 0 Å². The Kier molecular flexibility index (Phi) is 3.81. The summed E-state index contributed by atoms with van der Waals surface area (Å²) in [6, 6.07) is 11.5. The molecule has 3 rings (SSSR count). The molecule has 0 fully saturated rings. The Morgan fingerprint density at radius 1 is 1.15 bits per heavy atom. The summed E-state index contributed by atoms with van der Waals surface area (Å²) in [4.78, 5) is 4.30. The predicted octanol–water partition coefficient (Wildman–Crippen LogP) is 5.25. The van der Waals surface area contributed by atoms with Gasteiger partial charge in [0.15, 0.2) is 0 Å². The lowest BCUT2D eigenvalue weighted by Crippen LogP contribution is -1.99. The number of halogens is 3. The van der Waals surface area contributed by atoms with E-state index in [9.17, 15) is 8.78 Å². The fourth-order valence-electron chi connectivity index (χ4n) is 2.03. The van der Waals surface area contributed by atoms with Gasteiger partial charge in [-0.3, -0.25) is 0 Å². The summed E-state index contributed by atoms with van der Waals surface area (Å²) < 4.78 is 27.7. The molecule has 0 aliphatic heterocycles. The average Bonchev–Trinajstić information content (AvgIpc) is 2.80. The van der Waals surface area contributed by atoms with E-state index in [2.05, 4.69) is 20.9 Å². The summed E-state index contributed by atoms with van der Waals surface area (Å²) in [5.74, 6) is -1.10. The minimum atomic E-state index is -0.564. The van der Waals surface area contributed by atoms with Crippen LogP contribution in [0.4, 0.5) is 8.78 Å². The highest BCUT2D eigenvalue weighted by molar-refractivity contribution is 9.09. The Morgan fingerprint density at radius 2 is 1.95 bits per heavy atom. The zero-order valence-electron chi connectivity index (χ0n) is 10.3. The number of alkyl halides is 1. The highest BCUT2D eigenvalue weighted by atomic mass is 79.9. The van der Waals surface area contributed by atoms with Crippen LogP contribution in [0.1, 0.15) is 15.4 Å². The summed E-state index contributed by atoms with van der Waals surface area (Å²) in [6.45, 7) is 0. The van der Waals surface area contributed by atoms with Crippen molar-refractivity contribution in [1.82, 2.24) is 4.98 Å². The maximum atomic E-state index is 13.7. The van der Waals surface area contributed by atoms with Gasteiger partial charge in [0.2, 0.25) is 0 Å². The van der Waals surface area contributed by atoms with Crippen molar-refractivity contribution in [3.05, 3.63) is 64.7 Å². The van der Waals surface area contributed by atoms with Crippen LogP contribution in [0.3, 0.4) is 0 Å².